The summed E-state index contributed by atoms with van der Waals surface area (Å²) in [5.74, 6) is 0.355. The fourth-order valence-electron chi connectivity index (χ4n) is 4.37. The monoisotopic (exact) mass is 502 g/mol. The van der Waals surface area contributed by atoms with Crippen LogP contribution in [0.4, 0.5) is 5.69 Å². The third kappa shape index (κ3) is 7.29. The molecule has 0 radical (unpaired) electrons. The Morgan fingerprint density at radius 2 is 1.63 bits per heavy atom. The molecule has 0 atom stereocenters. The number of methoxy groups -OCH3 is 1. The lowest BCUT2D eigenvalue weighted by Crippen LogP contribution is -2.37. The maximum absolute atomic E-state index is 13.7. The van der Waals surface area contributed by atoms with Crippen LogP contribution in [0.3, 0.4) is 0 Å². The lowest BCUT2D eigenvalue weighted by Gasteiger charge is -2.31. The molecule has 1 aliphatic rings. The Labute approximate surface area is 207 Å². The first-order valence-corrected chi connectivity index (χ1v) is 13.3. The topological polar surface area (TPSA) is 102 Å². The molecule has 190 valence electrons. The first-order chi connectivity index (χ1) is 16.7. The Morgan fingerprint density at radius 1 is 1.00 bits per heavy atom. The smallest absolute Gasteiger partial charge is 0.308 e. The van der Waals surface area contributed by atoms with Crippen LogP contribution >= 0.6 is 0 Å². The molecule has 1 amide bonds. The number of hydrogen-bond donors (Lipinski definition) is 1. The summed E-state index contributed by atoms with van der Waals surface area (Å²) in [6.07, 6.45) is 2.93. The van der Waals surface area contributed by atoms with Crippen LogP contribution in [0.2, 0.25) is 0 Å². The summed E-state index contributed by atoms with van der Waals surface area (Å²) in [6, 6.07) is 13.5. The molecule has 0 saturated heterocycles. The number of anilines is 1. The Hall–Kier alpha value is -2.91. The van der Waals surface area contributed by atoms with Crippen LogP contribution in [0.25, 0.3) is 0 Å². The molecule has 0 bridgehead atoms. The summed E-state index contributed by atoms with van der Waals surface area (Å²) in [7, 11) is -2.21. The quantitative estimate of drug-likeness (QED) is 0.488. The van der Waals surface area contributed by atoms with Gasteiger partial charge in [-0.05, 0) is 80.5 Å². The Balaban J connectivity index is 1.79. The van der Waals surface area contributed by atoms with Crippen molar-refractivity contribution in [2.24, 2.45) is 11.8 Å². The van der Waals surface area contributed by atoms with Crippen molar-refractivity contribution in [1.29, 1.82) is 0 Å². The van der Waals surface area contributed by atoms with Crippen molar-refractivity contribution in [3.8, 4) is 5.75 Å². The molecule has 1 N–H and O–H groups in total. The molecule has 35 heavy (non-hydrogen) atoms. The van der Waals surface area contributed by atoms with Crippen molar-refractivity contribution in [1.82, 2.24) is 4.31 Å². The Morgan fingerprint density at radius 3 is 2.17 bits per heavy atom. The molecule has 2 aromatic rings. The highest BCUT2D eigenvalue weighted by Crippen LogP contribution is 2.32. The van der Waals surface area contributed by atoms with E-state index >= 15 is 0 Å². The van der Waals surface area contributed by atoms with Crippen molar-refractivity contribution in [3.05, 3.63) is 54.1 Å². The van der Waals surface area contributed by atoms with Crippen molar-refractivity contribution in [2.75, 3.05) is 25.6 Å². The first-order valence-electron chi connectivity index (χ1n) is 11.9. The maximum atomic E-state index is 13.7. The molecular weight excluding hydrogens is 468 g/mol. The predicted molar refractivity (Wildman–Crippen MR) is 133 cm³/mol. The molecule has 0 spiro atoms. The standard InChI is InChI=1S/C26H34N2O6S/c1-4-34-26(30)22-9-5-20(6-10-22)17-28(18-21-7-13-24(33-3)14-8-21)35(31,32)25-15-11-23(12-16-25)27-19(2)29/h7-8,11-16,20,22H,4-6,9-10,17-18H2,1-3H3,(H,27,29). The molecule has 0 unspecified atom stereocenters. The molecule has 0 aliphatic heterocycles. The third-order valence-corrected chi connectivity index (χ3v) is 8.08. The van der Waals surface area contributed by atoms with Crippen molar-refractivity contribution in [3.63, 3.8) is 0 Å². The SMILES string of the molecule is CCOC(=O)C1CCC(CN(Cc2ccc(OC)cc2)S(=O)(=O)c2ccc(NC(C)=O)cc2)CC1. The van der Waals surface area contributed by atoms with Crippen LogP contribution in [0.15, 0.2) is 53.4 Å². The zero-order valence-corrected chi connectivity index (χ0v) is 21.3. The van der Waals surface area contributed by atoms with Gasteiger partial charge in [0, 0.05) is 25.7 Å². The fraction of sp³-hybridized carbons (Fsp3) is 0.462. The number of amides is 1. The van der Waals surface area contributed by atoms with Crippen LogP contribution in [0.5, 0.6) is 5.75 Å². The average molecular weight is 503 g/mol. The van der Waals surface area contributed by atoms with Crippen LogP contribution in [0.1, 0.15) is 45.1 Å². The Kier molecular flexibility index (Phi) is 9.28. The normalized spacial score (nSPS) is 18.2. The van der Waals surface area contributed by atoms with Gasteiger partial charge in [0.25, 0.3) is 0 Å². The van der Waals surface area contributed by atoms with Gasteiger partial charge in [-0.1, -0.05) is 12.1 Å². The molecule has 3 rings (SSSR count). The number of carbonyl (C=O) groups is 2. The van der Waals surface area contributed by atoms with Gasteiger partial charge < -0.3 is 14.8 Å². The molecule has 2 aromatic carbocycles. The predicted octanol–water partition coefficient (Wildman–Crippen LogP) is 4.21. The van der Waals surface area contributed by atoms with Gasteiger partial charge >= 0.3 is 5.97 Å². The van der Waals surface area contributed by atoms with Gasteiger partial charge in [-0.2, -0.15) is 4.31 Å². The molecule has 1 aliphatic carbocycles. The highest BCUT2D eigenvalue weighted by atomic mass is 32.2. The van der Waals surface area contributed by atoms with Crippen molar-refractivity contribution in [2.45, 2.75) is 51.0 Å². The molecular formula is C26H34N2O6S. The number of benzene rings is 2. The van der Waals surface area contributed by atoms with E-state index in [1.54, 1.807) is 26.2 Å². The molecule has 9 heteroatoms. The molecule has 0 aromatic heterocycles. The van der Waals surface area contributed by atoms with E-state index in [4.69, 9.17) is 9.47 Å². The largest absolute Gasteiger partial charge is 0.497 e. The second-order valence-corrected chi connectivity index (χ2v) is 10.8. The third-order valence-electron chi connectivity index (χ3n) is 6.26. The lowest BCUT2D eigenvalue weighted by molar-refractivity contribution is -0.149. The summed E-state index contributed by atoms with van der Waals surface area (Å²) in [5.41, 5.74) is 1.39. The van der Waals surface area contributed by atoms with E-state index in [1.807, 2.05) is 24.3 Å². The van der Waals surface area contributed by atoms with E-state index in [9.17, 15) is 18.0 Å². The number of ether oxygens (including phenoxy) is 2. The van der Waals surface area contributed by atoms with E-state index in [0.29, 0.717) is 37.4 Å². The maximum Gasteiger partial charge on any atom is 0.308 e. The summed E-state index contributed by atoms with van der Waals surface area (Å²) in [5, 5.41) is 2.65. The summed E-state index contributed by atoms with van der Waals surface area (Å²) in [4.78, 5) is 23.6. The zero-order valence-electron chi connectivity index (χ0n) is 20.5. The molecule has 8 nitrogen and oxygen atoms in total. The van der Waals surface area contributed by atoms with Gasteiger partial charge in [-0.25, -0.2) is 8.42 Å². The van der Waals surface area contributed by atoms with Gasteiger partial charge in [0.1, 0.15) is 5.75 Å². The second kappa shape index (κ2) is 12.2. The summed E-state index contributed by atoms with van der Waals surface area (Å²) < 4.78 is 39.2. The van der Waals surface area contributed by atoms with Gasteiger partial charge in [0.2, 0.25) is 15.9 Å². The molecule has 1 saturated carbocycles. The van der Waals surface area contributed by atoms with Crippen LogP contribution in [-0.2, 0) is 30.9 Å². The number of nitrogens with zero attached hydrogens (tertiary/aromatic N) is 1. The van der Waals surface area contributed by atoms with Gasteiger partial charge in [0.15, 0.2) is 0 Å². The van der Waals surface area contributed by atoms with Crippen LogP contribution in [-0.4, -0.2) is 44.9 Å². The number of esters is 1. The Bertz CT molecular complexity index is 1090. The summed E-state index contributed by atoms with van der Waals surface area (Å²) >= 11 is 0. The number of nitrogens with one attached hydrogen (secondary N) is 1. The van der Waals surface area contributed by atoms with Gasteiger partial charge in [0.05, 0.1) is 24.5 Å². The number of carbonyl (C=O) groups excluding carboxylic acids is 2. The zero-order chi connectivity index (χ0) is 25.4. The van der Waals surface area contributed by atoms with Gasteiger partial charge in [-0.15, -0.1) is 0 Å². The number of rotatable bonds is 10. The number of hydrogen-bond acceptors (Lipinski definition) is 6. The van der Waals surface area contributed by atoms with Gasteiger partial charge in [-0.3, -0.25) is 9.59 Å². The number of sulfonamides is 1. The highest BCUT2D eigenvalue weighted by molar-refractivity contribution is 7.89. The minimum absolute atomic E-state index is 0.112. The average Bonchev–Trinajstić information content (AvgIpc) is 2.84. The van der Waals surface area contributed by atoms with E-state index in [2.05, 4.69) is 5.32 Å². The van der Waals surface area contributed by atoms with Crippen LogP contribution in [0, 0.1) is 11.8 Å². The van der Waals surface area contributed by atoms with Crippen molar-refractivity contribution < 1.29 is 27.5 Å². The van der Waals surface area contributed by atoms with Crippen LogP contribution < -0.4 is 10.1 Å². The summed E-state index contributed by atoms with van der Waals surface area (Å²) in [6.45, 7) is 4.15. The van der Waals surface area contributed by atoms with E-state index in [-0.39, 0.29) is 35.2 Å². The lowest BCUT2D eigenvalue weighted by atomic mass is 9.82. The highest BCUT2D eigenvalue weighted by Gasteiger charge is 2.32. The molecule has 1 fully saturated rings. The second-order valence-electron chi connectivity index (χ2n) is 8.82. The van der Waals surface area contributed by atoms with E-state index in [1.165, 1.54) is 23.4 Å². The van der Waals surface area contributed by atoms with Crippen molar-refractivity contribution >= 4 is 27.6 Å². The van der Waals surface area contributed by atoms with E-state index in [0.717, 1.165) is 18.4 Å². The minimum atomic E-state index is -3.80. The fourth-order valence-corrected chi connectivity index (χ4v) is 5.88. The first kappa shape index (κ1) is 26.7. The van der Waals surface area contributed by atoms with E-state index < -0.39 is 10.0 Å². The minimum Gasteiger partial charge on any atom is -0.497 e. The molecule has 0 heterocycles.